The topological polar surface area (TPSA) is 112 Å². The summed E-state index contributed by atoms with van der Waals surface area (Å²) >= 11 is 0. The number of aliphatic hydroxyl groups is 1. The lowest BCUT2D eigenvalue weighted by molar-refractivity contribution is -0.0657. The maximum atomic E-state index is 11.8. The number of rotatable bonds is 6. The molecule has 0 aliphatic carbocycles. The van der Waals surface area contributed by atoms with Gasteiger partial charge in [0.1, 0.15) is 5.69 Å². The fraction of sp³-hybridized carbons (Fsp3) is 0.167. The molecule has 0 radical (unpaired) electrons. The molecule has 134 valence electrons. The lowest BCUT2D eigenvalue weighted by Gasteiger charge is -2.12. The molecule has 1 amide bonds. The lowest BCUT2D eigenvalue weighted by Crippen LogP contribution is -2.30. The van der Waals surface area contributed by atoms with Crippen molar-refractivity contribution in [2.24, 2.45) is 0 Å². The maximum Gasteiger partial charge on any atom is 0.299 e. The van der Waals surface area contributed by atoms with Gasteiger partial charge < -0.3 is 14.8 Å². The Hall–Kier alpha value is -3.23. The fourth-order valence-corrected chi connectivity index (χ4v) is 2.23. The molecule has 2 aromatic heterocycles. The smallest absolute Gasteiger partial charge is 0.299 e. The molecule has 0 aliphatic heterocycles. The van der Waals surface area contributed by atoms with E-state index in [0.29, 0.717) is 22.5 Å². The Bertz CT molecular complexity index is 875. The van der Waals surface area contributed by atoms with E-state index in [0.717, 1.165) is 11.1 Å². The zero-order chi connectivity index (χ0) is 18.5. The van der Waals surface area contributed by atoms with E-state index >= 15 is 0 Å². The molecule has 0 bridgehead atoms. The fourth-order valence-electron chi connectivity index (χ4n) is 2.23. The van der Waals surface area contributed by atoms with E-state index in [1.54, 1.807) is 12.3 Å². The van der Waals surface area contributed by atoms with E-state index in [1.165, 1.54) is 12.3 Å². The van der Waals surface area contributed by atoms with Gasteiger partial charge in [-0.3, -0.25) is 10.0 Å². The van der Waals surface area contributed by atoms with Gasteiger partial charge in [0.05, 0.1) is 31.2 Å². The Kier molecular flexibility index (Phi) is 5.26. The molecule has 3 rings (SSSR count). The molecule has 0 unspecified atom stereocenters. The molecule has 3 N–H and O–H groups in total. The van der Waals surface area contributed by atoms with Crippen LogP contribution in [0.2, 0.25) is 0 Å². The second kappa shape index (κ2) is 7.77. The van der Waals surface area contributed by atoms with Crippen LogP contribution in [0.15, 0.2) is 53.2 Å². The Morgan fingerprint density at radius 3 is 2.58 bits per heavy atom. The molecule has 8 nitrogen and oxygen atoms in total. The van der Waals surface area contributed by atoms with Crippen LogP contribution < -0.4 is 5.32 Å². The van der Waals surface area contributed by atoms with Crippen LogP contribution >= 0.6 is 0 Å². The Morgan fingerprint density at radius 1 is 1.15 bits per heavy atom. The number of oxazole rings is 1. The first kappa shape index (κ1) is 17.6. The normalized spacial score (nSPS) is 10.6. The largest absolute Gasteiger partial charge is 0.423 e. The highest BCUT2D eigenvalue weighted by Crippen LogP contribution is 2.24. The van der Waals surface area contributed by atoms with Crippen LogP contribution in [-0.2, 0) is 0 Å². The minimum atomic E-state index is -0.691. The number of hydroxylamine groups is 2. The van der Waals surface area contributed by atoms with Gasteiger partial charge in [0.2, 0.25) is 0 Å². The number of aromatic nitrogens is 2. The van der Waals surface area contributed by atoms with E-state index < -0.39 is 5.91 Å². The second-order valence-electron chi connectivity index (χ2n) is 5.60. The second-order valence-corrected chi connectivity index (χ2v) is 5.60. The van der Waals surface area contributed by atoms with Crippen molar-refractivity contribution in [1.82, 2.24) is 15.0 Å². The van der Waals surface area contributed by atoms with Crippen molar-refractivity contribution >= 4 is 17.6 Å². The molecular formula is C18H18N4O4. The van der Waals surface area contributed by atoms with Gasteiger partial charge in [-0.15, -0.1) is 0 Å². The van der Waals surface area contributed by atoms with E-state index in [1.807, 2.05) is 31.2 Å². The number of nitrogens with zero attached hydrogens (tertiary/aromatic N) is 3. The monoisotopic (exact) mass is 354 g/mol. The summed E-state index contributed by atoms with van der Waals surface area (Å²) in [6, 6.07) is 11.3. The zero-order valence-corrected chi connectivity index (χ0v) is 14.1. The van der Waals surface area contributed by atoms with Gasteiger partial charge in [0, 0.05) is 5.56 Å². The number of benzene rings is 1. The molecule has 0 fully saturated rings. The van der Waals surface area contributed by atoms with Gasteiger partial charge in [-0.1, -0.05) is 29.8 Å². The van der Waals surface area contributed by atoms with Gasteiger partial charge in [-0.2, -0.15) is 0 Å². The van der Waals surface area contributed by atoms with Crippen LogP contribution in [-0.4, -0.2) is 44.4 Å². The van der Waals surface area contributed by atoms with Gasteiger partial charge in [0.15, 0.2) is 5.76 Å². The predicted molar refractivity (Wildman–Crippen MR) is 94.1 cm³/mol. The molecule has 0 atom stereocenters. The number of anilines is 2. The number of aliphatic hydroxyl groups excluding tert-OH is 1. The summed E-state index contributed by atoms with van der Waals surface area (Å²) in [5.74, 6) is -0.0597. The quantitative estimate of drug-likeness (QED) is 0.461. The summed E-state index contributed by atoms with van der Waals surface area (Å²) in [6.07, 6.45) is 3.05. The Morgan fingerprint density at radius 2 is 1.92 bits per heavy atom. The van der Waals surface area contributed by atoms with Crippen LogP contribution in [0.5, 0.6) is 0 Å². The average molecular weight is 354 g/mol. The van der Waals surface area contributed by atoms with Crippen LogP contribution in [0.3, 0.4) is 0 Å². The first-order valence-corrected chi connectivity index (χ1v) is 7.94. The number of amides is 1. The Balaban J connectivity index is 1.68. The molecule has 8 heteroatoms. The molecule has 0 saturated heterocycles. The highest BCUT2D eigenvalue weighted by molar-refractivity contribution is 5.91. The standard InChI is InChI=1S/C18H18N4O4/c1-12-2-4-13(5-3-12)16-11-20-18(26-16)21-14-6-7-15(19-10-14)17(24)22(25)8-9-23/h2-7,10-11,23,25H,8-9H2,1H3,(H,20,21). The molecule has 0 aliphatic rings. The van der Waals surface area contributed by atoms with Gasteiger partial charge in [0.25, 0.3) is 11.9 Å². The SMILES string of the molecule is Cc1ccc(-c2cnc(Nc3ccc(C(=O)N(O)CCO)nc3)o2)cc1. The number of hydrogen-bond donors (Lipinski definition) is 3. The summed E-state index contributed by atoms with van der Waals surface area (Å²) < 4.78 is 5.67. The molecule has 26 heavy (non-hydrogen) atoms. The third-order valence-corrected chi connectivity index (χ3v) is 3.62. The lowest BCUT2D eigenvalue weighted by atomic mass is 10.1. The van der Waals surface area contributed by atoms with Crippen LogP contribution in [0.1, 0.15) is 16.1 Å². The first-order chi connectivity index (χ1) is 12.6. The van der Waals surface area contributed by atoms with Gasteiger partial charge in [-0.05, 0) is 19.1 Å². The predicted octanol–water partition coefficient (Wildman–Crippen LogP) is 2.61. The zero-order valence-electron chi connectivity index (χ0n) is 14.1. The summed E-state index contributed by atoms with van der Waals surface area (Å²) in [7, 11) is 0. The van der Waals surface area contributed by atoms with Crippen LogP contribution in [0.4, 0.5) is 11.7 Å². The molecule has 3 aromatic rings. The summed E-state index contributed by atoms with van der Waals surface area (Å²) in [6.45, 7) is 1.49. The van der Waals surface area contributed by atoms with Crippen molar-refractivity contribution in [3.63, 3.8) is 0 Å². The molecular weight excluding hydrogens is 336 g/mol. The van der Waals surface area contributed by atoms with Crippen molar-refractivity contribution in [2.45, 2.75) is 6.92 Å². The van der Waals surface area contributed by atoms with Gasteiger partial charge in [-0.25, -0.2) is 15.0 Å². The number of hydrogen-bond acceptors (Lipinski definition) is 7. The Labute approximate surface area is 149 Å². The maximum absolute atomic E-state index is 11.8. The molecule has 2 heterocycles. The highest BCUT2D eigenvalue weighted by Gasteiger charge is 2.14. The van der Waals surface area contributed by atoms with E-state index in [4.69, 9.17) is 9.52 Å². The third-order valence-electron chi connectivity index (χ3n) is 3.62. The average Bonchev–Trinajstić information content (AvgIpc) is 3.11. The summed E-state index contributed by atoms with van der Waals surface area (Å²) in [5.41, 5.74) is 2.71. The number of aryl methyl sites for hydroxylation is 1. The van der Waals surface area contributed by atoms with Crippen molar-refractivity contribution in [1.29, 1.82) is 0 Å². The molecule has 0 spiro atoms. The van der Waals surface area contributed by atoms with E-state index in [2.05, 4.69) is 15.3 Å². The number of carbonyl (C=O) groups is 1. The number of carbonyl (C=O) groups excluding carboxylic acids is 1. The minimum Gasteiger partial charge on any atom is -0.423 e. The van der Waals surface area contributed by atoms with Crippen molar-refractivity contribution < 1.29 is 19.5 Å². The van der Waals surface area contributed by atoms with Crippen molar-refractivity contribution in [3.05, 3.63) is 60.0 Å². The van der Waals surface area contributed by atoms with Gasteiger partial charge >= 0.3 is 0 Å². The molecule has 0 saturated carbocycles. The number of pyridine rings is 1. The highest BCUT2D eigenvalue weighted by atomic mass is 16.5. The van der Waals surface area contributed by atoms with Crippen LogP contribution in [0.25, 0.3) is 11.3 Å². The minimum absolute atomic E-state index is 0.0549. The molecule has 1 aromatic carbocycles. The summed E-state index contributed by atoms with van der Waals surface area (Å²) in [5, 5.41) is 21.6. The van der Waals surface area contributed by atoms with Crippen molar-refractivity contribution in [2.75, 3.05) is 18.5 Å². The van der Waals surface area contributed by atoms with Crippen molar-refractivity contribution in [3.8, 4) is 11.3 Å². The summed E-state index contributed by atoms with van der Waals surface area (Å²) in [4.78, 5) is 20.0. The number of nitrogens with one attached hydrogen (secondary N) is 1. The van der Waals surface area contributed by atoms with Crippen LogP contribution in [0, 0.1) is 6.92 Å². The third kappa shape index (κ3) is 4.05. The van der Waals surface area contributed by atoms with E-state index in [-0.39, 0.29) is 18.8 Å². The van der Waals surface area contributed by atoms with E-state index in [9.17, 15) is 10.0 Å². The first-order valence-electron chi connectivity index (χ1n) is 7.94.